The van der Waals surface area contributed by atoms with E-state index in [1.54, 1.807) is 0 Å². The molecular weight excluding hydrogens is 324 g/mol. The molecule has 1 fully saturated rings. The van der Waals surface area contributed by atoms with Crippen LogP contribution in [0.5, 0.6) is 5.75 Å². The van der Waals surface area contributed by atoms with Crippen LogP contribution in [-0.2, 0) is 11.2 Å². The van der Waals surface area contributed by atoms with Crippen molar-refractivity contribution in [2.75, 3.05) is 26.7 Å². The van der Waals surface area contributed by atoms with E-state index in [-0.39, 0.29) is 24.4 Å². The molecule has 0 bridgehead atoms. The lowest BCUT2D eigenvalue weighted by Gasteiger charge is -2.33. The second kappa shape index (κ2) is 8.21. The molecule has 3 rings (SSSR count). The molecule has 134 valence electrons. The summed E-state index contributed by atoms with van der Waals surface area (Å²) < 4.78 is 5.95. The van der Waals surface area contributed by atoms with E-state index in [0.29, 0.717) is 0 Å². The molecule has 1 atom stereocenters. The minimum absolute atomic E-state index is 0. The first-order valence-electron chi connectivity index (χ1n) is 8.78. The number of ether oxygens (including phenoxy) is 1. The maximum atomic E-state index is 12.7. The number of nitrogens with zero attached hydrogens (tertiary/aromatic N) is 1. The minimum Gasteiger partial charge on any atom is -0.480 e. The number of nitrogens with one attached hydrogen (secondary N) is 1. The number of carbonyl (C=O) groups is 1. The van der Waals surface area contributed by atoms with Crippen LogP contribution in [0.4, 0.5) is 0 Å². The lowest BCUT2D eigenvalue weighted by Crippen LogP contribution is -2.45. The van der Waals surface area contributed by atoms with Crippen LogP contribution in [0, 0.1) is 19.8 Å². The van der Waals surface area contributed by atoms with Gasteiger partial charge in [0.25, 0.3) is 5.91 Å². The molecule has 1 aromatic rings. The van der Waals surface area contributed by atoms with Crippen molar-refractivity contribution >= 4 is 18.3 Å². The van der Waals surface area contributed by atoms with Crippen molar-refractivity contribution in [2.24, 2.45) is 5.92 Å². The number of fused-ring (bicyclic) bond motifs is 1. The van der Waals surface area contributed by atoms with Crippen LogP contribution in [0.2, 0.25) is 0 Å². The fraction of sp³-hybridized carbons (Fsp3) is 0.632. The Morgan fingerprint density at radius 1 is 1.25 bits per heavy atom. The molecule has 0 aliphatic carbocycles. The Hall–Kier alpha value is -1.26. The van der Waals surface area contributed by atoms with Gasteiger partial charge in [-0.3, -0.25) is 4.79 Å². The van der Waals surface area contributed by atoms with Gasteiger partial charge in [0.1, 0.15) is 5.75 Å². The number of halogens is 1. The average Bonchev–Trinajstić information content (AvgIpc) is 2.96. The largest absolute Gasteiger partial charge is 0.480 e. The molecule has 1 aromatic carbocycles. The normalized spacial score (nSPS) is 20.3. The first-order chi connectivity index (χ1) is 11.1. The van der Waals surface area contributed by atoms with Crippen molar-refractivity contribution in [3.8, 4) is 5.75 Å². The van der Waals surface area contributed by atoms with Crippen molar-refractivity contribution in [3.63, 3.8) is 0 Å². The van der Waals surface area contributed by atoms with E-state index in [2.05, 4.69) is 31.3 Å². The zero-order valence-corrected chi connectivity index (χ0v) is 15.7. The fourth-order valence-electron chi connectivity index (χ4n) is 3.65. The highest BCUT2D eigenvalue weighted by atomic mass is 35.5. The summed E-state index contributed by atoms with van der Waals surface area (Å²) >= 11 is 0. The summed E-state index contributed by atoms with van der Waals surface area (Å²) in [4.78, 5) is 14.8. The molecule has 24 heavy (non-hydrogen) atoms. The maximum absolute atomic E-state index is 12.7. The first kappa shape index (κ1) is 19.1. The Morgan fingerprint density at radius 3 is 2.58 bits per heavy atom. The highest BCUT2D eigenvalue weighted by Crippen LogP contribution is 2.32. The molecule has 0 spiro atoms. The number of benzene rings is 1. The van der Waals surface area contributed by atoms with Gasteiger partial charge < -0.3 is 15.0 Å². The van der Waals surface area contributed by atoms with E-state index in [4.69, 9.17) is 4.74 Å². The van der Waals surface area contributed by atoms with Crippen LogP contribution in [0.15, 0.2) is 12.1 Å². The number of hydrogen-bond acceptors (Lipinski definition) is 3. The van der Waals surface area contributed by atoms with E-state index in [1.807, 2.05) is 11.9 Å². The van der Waals surface area contributed by atoms with Gasteiger partial charge in [-0.15, -0.1) is 12.4 Å². The second-order valence-corrected chi connectivity index (χ2v) is 7.02. The van der Waals surface area contributed by atoms with E-state index >= 15 is 0 Å². The van der Waals surface area contributed by atoms with E-state index < -0.39 is 0 Å². The van der Waals surface area contributed by atoms with E-state index in [0.717, 1.165) is 50.6 Å². The average molecular weight is 353 g/mol. The Morgan fingerprint density at radius 2 is 1.92 bits per heavy atom. The number of aryl methyl sites for hydroxylation is 2. The lowest BCUT2D eigenvalue weighted by atomic mass is 9.93. The molecule has 2 aliphatic rings. The van der Waals surface area contributed by atoms with Crippen molar-refractivity contribution in [1.82, 2.24) is 10.2 Å². The van der Waals surface area contributed by atoms with Gasteiger partial charge >= 0.3 is 0 Å². The molecule has 1 unspecified atom stereocenters. The molecular formula is C19H29ClN2O2. The Labute approximate surface area is 151 Å². The third kappa shape index (κ3) is 4.04. The second-order valence-electron chi connectivity index (χ2n) is 7.02. The predicted molar refractivity (Wildman–Crippen MR) is 99.1 cm³/mol. The van der Waals surface area contributed by atoms with E-state index in [1.165, 1.54) is 23.1 Å². The summed E-state index contributed by atoms with van der Waals surface area (Å²) in [6, 6.07) is 4.24. The zero-order valence-electron chi connectivity index (χ0n) is 14.9. The monoisotopic (exact) mass is 352 g/mol. The van der Waals surface area contributed by atoms with Crippen LogP contribution in [0.1, 0.15) is 36.0 Å². The smallest absolute Gasteiger partial charge is 0.263 e. The number of rotatable bonds is 4. The molecule has 5 heteroatoms. The summed E-state index contributed by atoms with van der Waals surface area (Å²) in [5.74, 6) is 1.82. The Bertz CT molecular complexity index is 552. The quantitative estimate of drug-likeness (QED) is 0.906. The first-order valence-corrected chi connectivity index (χ1v) is 8.78. The number of carbonyl (C=O) groups excluding carboxylic acids is 1. The molecule has 0 radical (unpaired) electrons. The van der Waals surface area contributed by atoms with E-state index in [9.17, 15) is 4.79 Å². The molecule has 1 amide bonds. The maximum Gasteiger partial charge on any atom is 0.263 e. The summed E-state index contributed by atoms with van der Waals surface area (Å²) in [7, 11) is 2.00. The third-order valence-corrected chi connectivity index (χ3v) is 5.36. The summed E-state index contributed by atoms with van der Waals surface area (Å²) in [6.07, 6.45) is 3.84. The number of likely N-dealkylation sites (tertiary alicyclic amines) is 1. The number of hydrogen-bond donors (Lipinski definition) is 1. The SMILES string of the molecule is CNCCC1CCN(C(=O)C2Cc3cc(C)c(C)cc3O2)CC1.Cl. The van der Waals surface area contributed by atoms with Crippen molar-refractivity contribution in [2.45, 2.75) is 45.6 Å². The van der Waals surface area contributed by atoms with Gasteiger partial charge in [-0.1, -0.05) is 6.07 Å². The molecule has 4 nitrogen and oxygen atoms in total. The minimum atomic E-state index is -0.319. The molecule has 1 N–H and O–H groups in total. The number of piperidine rings is 1. The van der Waals surface area contributed by atoms with Gasteiger partial charge in [-0.2, -0.15) is 0 Å². The lowest BCUT2D eigenvalue weighted by molar-refractivity contribution is -0.139. The van der Waals surface area contributed by atoms with Crippen molar-refractivity contribution < 1.29 is 9.53 Å². The standard InChI is InChI=1S/C19H28N2O2.ClH/c1-13-10-16-12-18(23-17(16)11-14(13)2)19(22)21-8-5-15(6-9-21)4-7-20-3;/h10-11,15,18,20H,4-9,12H2,1-3H3;1H. The highest BCUT2D eigenvalue weighted by molar-refractivity contribution is 5.85. The van der Waals surface area contributed by atoms with Crippen LogP contribution < -0.4 is 10.1 Å². The number of amides is 1. The summed E-state index contributed by atoms with van der Waals surface area (Å²) in [6.45, 7) is 7.02. The van der Waals surface area contributed by atoms with Gasteiger partial charge in [0.05, 0.1) is 0 Å². The summed E-state index contributed by atoms with van der Waals surface area (Å²) in [5.41, 5.74) is 3.67. The van der Waals surface area contributed by atoms with Gasteiger partial charge in [-0.25, -0.2) is 0 Å². The van der Waals surface area contributed by atoms with Crippen LogP contribution in [0.3, 0.4) is 0 Å². The van der Waals surface area contributed by atoms with Gasteiger partial charge in [0.2, 0.25) is 0 Å². The summed E-state index contributed by atoms with van der Waals surface area (Å²) in [5, 5.41) is 3.21. The van der Waals surface area contributed by atoms with Crippen LogP contribution >= 0.6 is 12.4 Å². The van der Waals surface area contributed by atoms with Crippen LogP contribution in [-0.4, -0.2) is 43.6 Å². The Balaban J connectivity index is 0.00000208. The predicted octanol–water partition coefficient (Wildman–Crippen LogP) is 2.88. The molecule has 2 heterocycles. The third-order valence-electron chi connectivity index (χ3n) is 5.36. The van der Waals surface area contributed by atoms with Crippen LogP contribution in [0.25, 0.3) is 0 Å². The van der Waals surface area contributed by atoms with Gasteiger partial charge in [-0.05, 0) is 75.4 Å². The molecule has 0 aromatic heterocycles. The fourth-order valence-corrected chi connectivity index (χ4v) is 3.65. The van der Waals surface area contributed by atoms with Gasteiger partial charge in [0.15, 0.2) is 6.10 Å². The zero-order chi connectivity index (χ0) is 16.4. The molecule has 0 saturated carbocycles. The van der Waals surface area contributed by atoms with Gasteiger partial charge in [0, 0.05) is 19.5 Å². The molecule has 2 aliphatic heterocycles. The Kier molecular flexibility index (Phi) is 6.53. The molecule has 1 saturated heterocycles. The topological polar surface area (TPSA) is 41.6 Å². The van der Waals surface area contributed by atoms with Crippen molar-refractivity contribution in [3.05, 3.63) is 28.8 Å². The van der Waals surface area contributed by atoms with Crippen molar-refractivity contribution in [1.29, 1.82) is 0 Å². The highest BCUT2D eigenvalue weighted by Gasteiger charge is 2.34.